The zero-order valence-corrected chi connectivity index (χ0v) is 10.3. The van der Waals surface area contributed by atoms with Crippen molar-refractivity contribution in [3.8, 4) is 0 Å². The van der Waals surface area contributed by atoms with E-state index >= 15 is 0 Å². The molecular formula is C15H23N. The Bertz CT molecular complexity index is 279. The highest BCUT2D eigenvalue weighted by molar-refractivity contribution is 5.17. The molecule has 0 heterocycles. The van der Waals surface area contributed by atoms with E-state index in [1.54, 1.807) is 0 Å². The molecule has 0 fully saturated rings. The number of allylic oxidation sites excluding steroid dienone is 1. The highest BCUT2D eigenvalue weighted by Gasteiger charge is 2.02. The van der Waals surface area contributed by atoms with Crippen LogP contribution in [0, 0.1) is 0 Å². The van der Waals surface area contributed by atoms with Crippen molar-refractivity contribution >= 4 is 0 Å². The van der Waals surface area contributed by atoms with E-state index in [2.05, 4.69) is 49.2 Å². The van der Waals surface area contributed by atoms with Crippen molar-refractivity contribution in [3.63, 3.8) is 0 Å². The first-order chi connectivity index (χ1) is 7.84. The Morgan fingerprint density at radius 1 is 1.19 bits per heavy atom. The van der Waals surface area contributed by atoms with Crippen LogP contribution in [0.15, 0.2) is 43.0 Å². The van der Waals surface area contributed by atoms with E-state index in [-0.39, 0.29) is 0 Å². The fourth-order valence-electron chi connectivity index (χ4n) is 1.77. The molecule has 1 nitrogen and oxygen atoms in total. The molecular weight excluding hydrogens is 194 g/mol. The van der Waals surface area contributed by atoms with Crippen LogP contribution in [0.25, 0.3) is 0 Å². The summed E-state index contributed by atoms with van der Waals surface area (Å²) in [6, 6.07) is 11.1. The van der Waals surface area contributed by atoms with Gasteiger partial charge in [0.25, 0.3) is 0 Å². The molecule has 1 atom stereocenters. The Balaban J connectivity index is 2.11. The van der Waals surface area contributed by atoms with Gasteiger partial charge in [-0.1, -0.05) is 42.8 Å². The highest BCUT2D eigenvalue weighted by Crippen LogP contribution is 2.11. The summed E-state index contributed by atoms with van der Waals surface area (Å²) >= 11 is 0. The smallest absolute Gasteiger partial charge is 0.0291 e. The Labute approximate surface area is 99.6 Å². The van der Waals surface area contributed by atoms with Gasteiger partial charge in [-0.15, -0.1) is 6.58 Å². The summed E-state index contributed by atoms with van der Waals surface area (Å²) in [4.78, 5) is 0. The Hall–Kier alpha value is -1.08. The minimum atomic E-state index is 0.459. The fraction of sp³-hybridized carbons (Fsp3) is 0.467. The summed E-state index contributed by atoms with van der Waals surface area (Å²) in [6.45, 7) is 7.06. The van der Waals surface area contributed by atoms with Gasteiger partial charge in [-0.25, -0.2) is 0 Å². The lowest BCUT2D eigenvalue weighted by Crippen LogP contribution is -2.19. The largest absolute Gasteiger partial charge is 0.310 e. The van der Waals surface area contributed by atoms with Crippen molar-refractivity contribution in [2.24, 2.45) is 0 Å². The summed E-state index contributed by atoms with van der Waals surface area (Å²) in [5.41, 5.74) is 1.37. The van der Waals surface area contributed by atoms with Gasteiger partial charge in [0.05, 0.1) is 0 Å². The van der Waals surface area contributed by atoms with Crippen molar-refractivity contribution in [3.05, 3.63) is 48.6 Å². The molecule has 1 heteroatoms. The van der Waals surface area contributed by atoms with Crippen molar-refractivity contribution in [2.75, 3.05) is 6.54 Å². The molecule has 1 aromatic rings. The maximum atomic E-state index is 3.73. The predicted octanol–water partition coefficient (Wildman–Crippen LogP) is 4.08. The van der Waals surface area contributed by atoms with E-state index in [0.717, 1.165) is 13.0 Å². The summed E-state index contributed by atoms with van der Waals surface area (Å²) < 4.78 is 0. The number of hydrogen-bond donors (Lipinski definition) is 1. The third-order valence-corrected chi connectivity index (χ3v) is 2.84. The monoisotopic (exact) mass is 217 g/mol. The van der Waals surface area contributed by atoms with Gasteiger partial charge in [-0.2, -0.15) is 0 Å². The third kappa shape index (κ3) is 5.13. The molecule has 1 N–H and O–H groups in total. The topological polar surface area (TPSA) is 12.0 Å². The minimum Gasteiger partial charge on any atom is -0.310 e. The molecule has 0 saturated carbocycles. The molecule has 1 rings (SSSR count). The van der Waals surface area contributed by atoms with E-state index in [1.807, 2.05) is 6.08 Å². The maximum absolute atomic E-state index is 3.73. The molecule has 0 bridgehead atoms. The molecule has 0 aliphatic heterocycles. The van der Waals surface area contributed by atoms with Crippen LogP contribution in [0.3, 0.4) is 0 Å². The summed E-state index contributed by atoms with van der Waals surface area (Å²) in [7, 11) is 0. The summed E-state index contributed by atoms with van der Waals surface area (Å²) in [5, 5.41) is 3.55. The summed E-state index contributed by atoms with van der Waals surface area (Å²) in [5.74, 6) is 0. The van der Waals surface area contributed by atoms with E-state index in [9.17, 15) is 0 Å². The first kappa shape index (κ1) is 13.0. The first-order valence-corrected chi connectivity index (χ1v) is 6.24. The van der Waals surface area contributed by atoms with Crippen molar-refractivity contribution in [2.45, 2.75) is 38.6 Å². The zero-order valence-electron chi connectivity index (χ0n) is 10.3. The Morgan fingerprint density at radius 2 is 1.94 bits per heavy atom. The number of unbranched alkanes of at least 4 members (excludes halogenated alkanes) is 3. The van der Waals surface area contributed by atoms with Crippen molar-refractivity contribution in [1.29, 1.82) is 0 Å². The number of rotatable bonds is 8. The Kier molecular flexibility index (Phi) is 6.59. The lowest BCUT2D eigenvalue weighted by molar-refractivity contribution is 0.539. The van der Waals surface area contributed by atoms with E-state index < -0.39 is 0 Å². The molecule has 0 aromatic heterocycles. The average molecular weight is 217 g/mol. The van der Waals surface area contributed by atoms with E-state index in [1.165, 1.54) is 24.8 Å². The summed E-state index contributed by atoms with van der Waals surface area (Å²) in [6.07, 6.45) is 6.96. The van der Waals surface area contributed by atoms with Crippen molar-refractivity contribution < 1.29 is 0 Å². The minimum absolute atomic E-state index is 0.459. The Morgan fingerprint density at radius 3 is 2.62 bits per heavy atom. The van der Waals surface area contributed by atoms with Gasteiger partial charge < -0.3 is 5.32 Å². The van der Waals surface area contributed by atoms with E-state index in [0.29, 0.717) is 6.04 Å². The second kappa shape index (κ2) is 8.12. The lowest BCUT2D eigenvalue weighted by atomic mass is 10.1. The predicted molar refractivity (Wildman–Crippen MR) is 71.5 cm³/mol. The van der Waals surface area contributed by atoms with Crippen LogP contribution in [0.1, 0.15) is 44.2 Å². The SMILES string of the molecule is C=CCCCCCNC(C)c1ccccc1. The fourth-order valence-corrected chi connectivity index (χ4v) is 1.77. The van der Waals surface area contributed by atoms with Gasteiger partial charge in [0.2, 0.25) is 0 Å². The van der Waals surface area contributed by atoms with Crippen LogP contribution in [0.5, 0.6) is 0 Å². The molecule has 16 heavy (non-hydrogen) atoms. The molecule has 1 unspecified atom stereocenters. The van der Waals surface area contributed by atoms with Gasteiger partial charge >= 0.3 is 0 Å². The van der Waals surface area contributed by atoms with Crippen LogP contribution in [0.4, 0.5) is 0 Å². The normalized spacial score (nSPS) is 12.3. The van der Waals surface area contributed by atoms with Crippen molar-refractivity contribution in [1.82, 2.24) is 5.32 Å². The van der Waals surface area contributed by atoms with Crippen LogP contribution < -0.4 is 5.32 Å². The van der Waals surface area contributed by atoms with Crippen LogP contribution in [-0.2, 0) is 0 Å². The van der Waals surface area contributed by atoms with Crippen LogP contribution in [0.2, 0.25) is 0 Å². The van der Waals surface area contributed by atoms with Gasteiger partial charge in [0.1, 0.15) is 0 Å². The number of nitrogens with one attached hydrogen (secondary N) is 1. The van der Waals surface area contributed by atoms with Gasteiger partial charge in [-0.3, -0.25) is 0 Å². The van der Waals surface area contributed by atoms with Crippen LogP contribution in [-0.4, -0.2) is 6.54 Å². The van der Waals surface area contributed by atoms with Crippen LogP contribution >= 0.6 is 0 Å². The molecule has 0 amide bonds. The van der Waals surface area contributed by atoms with Gasteiger partial charge in [-0.05, 0) is 38.3 Å². The molecule has 0 aliphatic carbocycles. The standard InChI is InChI=1S/C15H23N/c1-3-4-5-6-10-13-16-14(2)15-11-8-7-9-12-15/h3,7-9,11-12,14,16H,1,4-6,10,13H2,2H3. The molecule has 88 valence electrons. The average Bonchev–Trinajstić information content (AvgIpc) is 2.34. The highest BCUT2D eigenvalue weighted by atomic mass is 14.9. The zero-order chi connectivity index (χ0) is 11.6. The lowest BCUT2D eigenvalue weighted by Gasteiger charge is -2.13. The molecule has 1 aromatic carbocycles. The van der Waals surface area contributed by atoms with Gasteiger partial charge in [0.15, 0.2) is 0 Å². The second-order valence-electron chi connectivity index (χ2n) is 4.22. The third-order valence-electron chi connectivity index (χ3n) is 2.84. The molecule has 0 aliphatic rings. The quantitative estimate of drug-likeness (QED) is 0.511. The van der Waals surface area contributed by atoms with E-state index in [4.69, 9.17) is 0 Å². The number of hydrogen-bond acceptors (Lipinski definition) is 1. The molecule has 0 spiro atoms. The van der Waals surface area contributed by atoms with Gasteiger partial charge in [0, 0.05) is 6.04 Å². The maximum Gasteiger partial charge on any atom is 0.0291 e. The molecule has 0 saturated heterocycles. The first-order valence-electron chi connectivity index (χ1n) is 6.24. The second-order valence-corrected chi connectivity index (χ2v) is 4.22. The number of benzene rings is 1. The molecule has 0 radical (unpaired) electrons.